The van der Waals surface area contributed by atoms with Crippen molar-refractivity contribution in [2.45, 2.75) is 10.5 Å². The summed E-state index contributed by atoms with van der Waals surface area (Å²) < 4.78 is 0.0804. The molecule has 4 heteroatoms. The molecule has 0 saturated carbocycles. The van der Waals surface area contributed by atoms with E-state index in [1.54, 1.807) is 0 Å². The summed E-state index contributed by atoms with van der Waals surface area (Å²) in [6.45, 7) is 0. The number of benzene rings is 1. The van der Waals surface area contributed by atoms with Gasteiger partial charge in [0.1, 0.15) is 4.08 Å². The lowest BCUT2D eigenvalue weighted by Crippen LogP contribution is -2.23. The molecule has 0 amide bonds. The van der Waals surface area contributed by atoms with Crippen LogP contribution in [0.1, 0.15) is 16.9 Å². The third-order valence-electron chi connectivity index (χ3n) is 2.97. The number of hydrogen-bond acceptors (Lipinski definition) is 3. The molecule has 0 nitrogen and oxygen atoms in total. The highest BCUT2D eigenvalue weighted by Gasteiger charge is 2.38. The second-order valence-corrected chi connectivity index (χ2v) is 8.41. The van der Waals surface area contributed by atoms with E-state index in [2.05, 4.69) is 53.2 Å². The molecule has 1 saturated heterocycles. The van der Waals surface area contributed by atoms with E-state index < -0.39 is 0 Å². The molecule has 94 valence electrons. The van der Waals surface area contributed by atoms with Gasteiger partial charge >= 0.3 is 0 Å². The van der Waals surface area contributed by atoms with Gasteiger partial charge in [-0.05, 0) is 47.1 Å². The highest BCUT2D eigenvalue weighted by atomic mass is 35.5. The van der Waals surface area contributed by atoms with Crippen molar-refractivity contribution in [3.05, 3.63) is 57.2 Å². The Morgan fingerprint density at radius 2 is 1.72 bits per heavy atom. The van der Waals surface area contributed by atoms with E-state index in [1.807, 2.05) is 23.5 Å². The molecule has 0 bridgehead atoms. The SMILES string of the molecule is Clc1ccc(C2(c3cccs3)SCCCS2)cc1. The molecule has 18 heavy (non-hydrogen) atoms. The van der Waals surface area contributed by atoms with Gasteiger partial charge in [-0.25, -0.2) is 0 Å². The molecule has 1 aliphatic rings. The van der Waals surface area contributed by atoms with Crippen LogP contribution in [0.3, 0.4) is 0 Å². The molecule has 0 radical (unpaired) electrons. The van der Waals surface area contributed by atoms with Crippen molar-refractivity contribution in [1.82, 2.24) is 0 Å². The Hall–Kier alpha value is -0.0900. The van der Waals surface area contributed by atoms with E-state index in [1.165, 1.54) is 28.4 Å². The van der Waals surface area contributed by atoms with E-state index in [-0.39, 0.29) is 4.08 Å². The molecule has 0 N–H and O–H groups in total. The van der Waals surface area contributed by atoms with E-state index in [0.29, 0.717) is 0 Å². The van der Waals surface area contributed by atoms with E-state index >= 15 is 0 Å². The molecule has 2 heterocycles. The molecule has 0 unspecified atom stereocenters. The standard InChI is InChI=1S/C14H13ClS3/c15-12-6-4-11(5-7-12)14(13-3-1-8-16-13)17-9-2-10-18-14/h1,3-8H,2,9-10H2. The van der Waals surface area contributed by atoms with Crippen LogP contribution in [0, 0.1) is 0 Å². The van der Waals surface area contributed by atoms with Crippen molar-refractivity contribution in [1.29, 1.82) is 0 Å². The number of thiophene rings is 1. The summed E-state index contributed by atoms with van der Waals surface area (Å²) in [5, 5.41) is 2.98. The third-order valence-corrected chi connectivity index (χ3v) is 7.89. The lowest BCUT2D eigenvalue weighted by Gasteiger charge is -2.35. The molecule has 1 aliphatic heterocycles. The molecule has 0 atom stereocenters. The summed E-state index contributed by atoms with van der Waals surface area (Å²) in [6.07, 6.45) is 1.30. The molecule has 0 spiro atoms. The zero-order valence-corrected chi connectivity index (χ0v) is 13.0. The maximum absolute atomic E-state index is 6.01. The number of rotatable bonds is 2. The first kappa shape index (κ1) is 12.9. The summed E-state index contributed by atoms with van der Waals surface area (Å²) in [6, 6.07) is 12.8. The smallest absolute Gasteiger partial charge is 0.120 e. The Labute approximate surface area is 125 Å². The number of hydrogen-bond donors (Lipinski definition) is 0. The van der Waals surface area contributed by atoms with Gasteiger partial charge in [-0.2, -0.15) is 0 Å². The topological polar surface area (TPSA) is 0 Å². The van der Waals surface area contributed by atoms with Crippen LogP contribution in [0.15, 0.2) is 41.8 Å². The van der Waals surface area contributed by atoms with Crippen molar-refractivity contribution in [3.63, 3.8) is 0 Å². The molecular weight excluding hydrogens is 300 g/mol. The Morgan fingerprint density at radius 1 is 1.00 bits per heavy atom. The summed E-state index contributed by atoms with van der Waals surface area (Å²) >= 11 is 12.0. The normalized spacial score (nSPS) is 18.7. The van der Waals surface area contributed by atoms with Crippen molar-refractivity contribution in [2.75, 3.05) is 11.5 Å². The van der Waals surface area contributed by atoms with Crippen molar-refractivity contribution >= 4 is 46.5 Å². The Kier molecular flexibility index (Phi) is 3.94. The van der Waals surface area contributed by atoms with E-state index in [4.69, 9.17) is 11.6 Å². The number of thioether (sulfide) groups is 2. The lowest BCUT2D eigenvalue weighted by atomic mass is 10.1. The van der Waals surface area contributed by atoms with E-state index in [9.17, 15) is 0 Å². The average Bonchev–Trinajstić information content (AvgIpc) is 2.95. The van der Waals surface area contributed by atoms with Crippen LogP contribution in [0.4, 0.5) is 0 Å². The molecule has 0 aliphatic carbocycles. The molecule has 2 aromatic rings. The quantitative estimate of drug-likeness (QED) is 0.721. The second-order valence-electron chi connectivity index (χ2n) is 4.15. The summed E-state index contributed by atoms with van der Waals surface area (Å²) in [4.78, 5) is 1.44. The third kappa shape index (κ3) is 2.34. The van der Waals surface area contributed by atoms with Crippen LogP contribution >= 0.6 is 46.5 Å². The van der Waals surface area contributed by atoms with Gasteiger partial charge in [0.2, 0.25) is 0 Å². The van der Waals surface area contributed by atoms with Crippen LogP contribution < -0.4 is 0 Å². The average molecular weight is 313 g/mol. The zero-order valence-electron chi connectivity index (χ0n) is 9.77. The Morgan fingerprint density at radius 3 is 2.33 bits per heavy atom. The first-order chi connectivity index (χ1) is 8.81. The molecular formula is C14H13ClS3. The van der Waals surface area contributed by atoms with Crippen LogP contribution in [-0.2, 0) is 4.08 Å². The van der Waals surface area contributed by atoms with Crippen molar-refractivity contribution < 1.29 is 0 Å². The lowest BCUT2D eigenvalue weighted by molar-refractivity contribution is 1.02. The van der Waals surface area contributed by atoms with Gasteiger partial charge in [-0.1, -0.05) is 29.8 Å². The fourth-order valence-electron chi connectivity index (χ4n) is 2.12. The predicted octanol–water partition coefficient (Wildman–Crippen LogP) is 5.47. The Bertz CT molecular complexity index is 498. The largest absolute Gasteiger partial charge is 0.146 e. The van der Waals surface area contributed by atoms with Gasteiger partial charge in [0.05, 0.1) is 0 Å². The van der Waals surface area contributed by atoms with Crippen molar-refractivity contribution in [3.8, 4) is 0 Å². The zero-order chi connectivity index (χ0) is 12.4. The summed E-state index contributed by atoms with van der Waals surface area (Å²) in [5.41, 5.74) is 1.36. The first-order valence-corrected chi connectivity index (χ1v) is 9.12. The minimum absolute atomic E-state index is 0.0804. The molecule has 1 aromatic heterocycles. The monoisotopic (exact) mass is 312 g/mol. The predicted molar refractivity (Wildman–Crippen MR) is 86.1 cm³/mol. The maximum Gasteiger partial charge on any atom is 0.120 e. The fourth-order valence-corrected chi connectivity index (χ4v) is 6.82. The Balaban J connectivity index is 2.07. The van der Waals surface area contributed by atoms with Gasteiger partial charge in [-0.15, -0.1) is 34.9 Å². The van der Waals surface area contributed by atoms with Crippen LogP contribution in [0.5, 0.6) is 0 Å². The minimum Gasteiger partial charge on any atom is -0.146 e. The molecule has 1 aromatic carbocycles. The maximum atomic E-state index is 6.01. The van der Waals surface area contributed by atoms with Gasteiger partial charge in [0.15, 0.2) is 0 Å². The van der Waals surface area contributed by atoms with E-state index in [0.717, 1.165) is 5.02 Å². The number of halogens is 1. The minimum atomic E-state index is 0.0804. The highest BCUT2D eigenvalue weighted by Crippen LogP contribution is 2.55. The van der Waals surface area contributed by atoms with Gasteiger partial charge in [0.25, 0.3) is 0 Å². The molecule has 1 fully saturated rings. The molecule has 3 rings (SSSR count). The second kappa shape index (κ2) is 5.49. The fraction of sp³-hybridized carbons (Fsp3) is 0.286. The van der Waals surface area contributed by atoms with Gasteiger partial charge in [-0.3, -0.25) is 0 Å². The summed E-state index contributed by atoms with van der Waals surface area (Å²) in [5.74, 6) is 2.46. The van der Waals surface area contributed by atoms with Crippen molar-refractivity contribution in [2.24, 2.45) is 0 Å². The van der Waals surface area contributed by atoms with Crippen LogP contribution in [0.2, 0.25) is 5.02 Å². The van der Waals surface area contributed by atoms with Crippen LogP contribution in [-0.4, -0.2) is 11.5 Å². The first-order valence-electron chi connectivity index (χ1n) is 5.89. The van der Waals surface area contributed by atoms with Crippen LogP contribution in [0.25, 0.3) is 0 Å². The van der Waals surface area contributed by atoms with Gasteiger partial charge < -0.3 is 0 Å². The van der Waals surface area contributed by atoms with Gasteiger partial charge in [0, 0.05) is 9.90 Å². The summed E-state index contributed by atoms with van der Waals surface area (Å²) in [7, 11) is 0. The highest BCUT2D eigenvalue weighted by molar-refractivity contribution is 8.18.